The van der Waals surface area contributed by atoms with E-state index >= 15 is 0 Å². The normalized spacial score (nSPS) is 13.0. The van der Waals surface area contributed by atoms with Gasteiger partial charge in [-0.1, -0.05) is 54.4 Å². The molecule has 0 saturated carbocycles. The number of nitrogens with one attached hydrogen (secondary N) is 2. The van der Waals surface area contributed by atoms with Gasteiger partial charge in [0.15, 0.2) is 5.82 Å². The van der Waals surface area contributed by atoms with Crippen LogP contribution in [0.25, 0.3) is 0 Å². The molecule has 3 N–H and O–H groups in total. The Balaban J connectivity index is 1.72. The molecule has 0 aliphatic rings. The number of aliphatic hydroxyl groups is 1. The van der Waals surface area contributed by atoms with Crippen LogP contribution in [-0.2, 0) is 17.6 Å². The molecule has 0 spiro atoms. The summed E-state index contributed by atoms with van der Waals surface area (Å²) in [4.78, 5) is 12.3. The van der Waals surface area contributed by atoms with E-state index in [9.17, 15) is 9.90 Å². The highest BCUT2D eigenvalue weighted by atomic mass is 32.1. The molecule has 0 radical (unpaired) electrons. The van der Waals surface area contributed by atoms with Crippen LogP contribution in [-0.4, -0.2) is 37.5 Å². The van der Waals surface area contributed by atoms with Gasteiger partial charge in [0.1, 0.15) is 5.01 Å². The van der Waals surface area contributed by atoms with Gasteiger partial charge in [-0.25, -0.2) is 0 Å². The van der Waals surface area contributed by atoms with Gasteiger partial charge >= 0.3 is 0 Å². The summed E-state index contributed by atoms with van der Waals surface area (Å²) in [7, 11) is 0. The van der Waals surface area contributed by atoms with Gasteiger partial charge in [-0.05, 0) is 70.2 Å². The number of hydrogen-bond acceptors (Lipinski definition) is 8. The first-order valence-electron chi connectivity index (χ1n) is 12.4. The SMILES string of the molecule is C=C(/C=C\C)CC(=C)Nc1nnc(CCCCc2ccc(NC(=O)C/C(C)=C/C(=C\C)C(C)O)nn2)s1. The van der Waals surface area contributed by atoms with Crippen molar-refractivity contribution in [3.63, 3.8) is 0 Å². The Labute approximate surface area is 224 Å². The van der Waals surface area contributed by atoms with Crippen LogP contribution in [0.3, 0.4) is 0 Å². The molecule has 198 valence electrons. The highest BCUT2D eigenvalue weighted by molar-refractivity contribution is 7.15. The highest BCUT2D eigenvalue weighted by Crippen LogP contribution is 2.21. The number of hydrogen-bond donors (Lipinski definition) is 3. The van der Waals surface area contributed by atoms with Gasteiger partial charge < -0.3 is 15.7 Å². The number of aromatic nitrogens is 4. The van der Waals surface area contributed by atoms with Crippen LogP contribution in [0.1, 0.15) is 64.1 Å². The Hall–Kier alpha value is -3.43. The highest BCUT2D eigenvalue weighted by Gasteiger charge is 2.09. The number of carbonyl (C=O) groups is 1. The van der Waals surface area contributed by atoms with E-state index in [4.69, 9.17) is 0 Å². The number of unbranched alkanes of at least 4 members (excludes halogenated alkanes) is 1. The first-order chi connectivity index (χ1) is 17.7. The molecule has 2 aromatic rings. The Bertz CT molecular complexity index is 1150. The van der Waals surface area contributed by atoms with Gasteiger partial charge in [-0.3, -0.25) is 4.79 Å². The minimum Gasteiger partial charge on any atom is -0.389 e. The van der Waals surface area contributed by atoms with Gasteiger partial charge in [0, 0.05) is 25.0 Å². The lowest BCUT2D eigenvalue weighted by atomic mass is 10.1. The van der Waals surface area contributed by atoms with Crippen molar-refractivity contribution in [3.05, 3.63) is 82.7 Å². The molecule has 0 aliphatic carbocycles. The van der Waals surface area contributed by atoms with Crippen LogP contribution in [0.4, 0.5) is 10.9 Å². The van der Waals surface area contributed by atoms with Crippen LogP contribution in [0.5, 0.6) is 0 Å². The Kier molecular flexibility index (Phi) is 12.6. The van der Waals surface area contributed by atoms with Crippen molar-refractivity contribution in [2.45, 2.75) is 72.3 Å². The minimum atomic E-state index is -0.570. The molecule has 0 saturated heterocycles. The summed E-state index contributed by atoms with van der Waals surface area (Å²) in [5, 5.41) is 34.2. The first kappa shape index (κ1) is 29.8. The Morgan fingerprint density at radius 3 is 2.49 bits per heavy atom. The number of carbonyl (C=O) groups excluding carboxylic acids is 1. The van der Waals surface area contributed by atoms with Gasteiger partial charge in [-0.2, -0.15) is 5.10 Å². The van der Waals surface area contributed by atoms with E-state index in [1.54, 1.807) is 13.0 Å². The summed E-state index contributed by atoms with van der Waals surface area (Å²) in [6.45, 7) is 15.4. The summed E-state index contributed by atoms with van der Waals surface area (Å²) in [6, 6.07) is 3.66. The minimum absolute atomic E-state index is 0.172. The lowest BCUT2D eigenvalue weighted by molar-refractivity contribution is -0.115. The molecule has 1 amide bonds. The fourth-order valence-corrected chi connectivity index (χ4v) is 4.36. The van der Waals surface area contributed by atoms with E-state index in [0.717, 1.165) is 63.9 Å². The van der Waals surface area contributed by atoms with E-state index < -0.39 is 6.10 Å². The van der Waals surface area contributed by atoms with Gasteiger partial charge in [0.05, 0.1) is 11.8 Å². The van der Waals surface area contributed by atoms with E-state index in [-0.39, 0.29) is 12.3 Å². The zero-order valence-corrected chi connectivity index (χ0v) is 23.1. The van der Waals surface area contributed by atoms with Crippen molar-refractivity contribution in [3.8, 4) is 0 Å². The molecule has 0 aliphatic heterocycles. The Morgan fingerprint density at radius 1 is 1.08 bits per heavy atom. The lowest BCUT2D eigenvalue weighted by Crippen LogP contribution is -2.14. The molecule has 8 nitrogen and oxygen atoms in total. The van der Waals surface area contributed by atoms with Crippen LogP contribution < -0.4 is 10.6 Å². The summed E-state index contributed by atoms with van der Waals surface area (Å²) in [6.07, 6.45) is 11.4. The van der Waals surface area contributed by atoms with E-state index in [1.807, 2.05) is 51.1 Å². The number of allylic oxidation sites excluding steroid dienone is 4. The van der Waals surface area contributed by atoms with Crippen molar-refractivity contribution in [1.82, 2.24) is 20.4 Å². The number of nitrogens with zero attached hydrogens (tertiary/aromatic N) is 4. The molecule has 2 aromatic heterocycles. The smallest absolute Gasteiger partial charge is 0.229 e. The molecule has 9 heteroatoms. The van der Waals surface area contributed by atoms with Crippen molar-refractivity contribution < 1.29 is 9.90 Å². The fraction of sp³-hybridized carbons (Fsp3) is 0.393. The molecule has 0 fully saturated rings. The molecule has 2 rings (SSSR count). The molecular weight excluding hydrogens is 484 g/mol. The average molecular weight is 523 g/mol. The quantitative estimate of drug-likeness (QED) is 0.196. The maximum absolute atomic E-state index is 12.3. The molecule has 1 unspecified atom stereocenters. The second-order valence-corrected chi connectivity index (χ2v) is 9.92. The van der Waals surface area contributed by atoms with Crippen molar-refractivity contribution in [1.29, 1.82) is 0 Å². The maximum Gasteiger partial charge on any atom is 0.229 e. The zero-order valence-electron chi connectivity index (χ0n) is 22.3. The molecule has 2 heterocycles. The molecular formula is C28H38N6O2S. The predicted octanol–water partition coefficient (Wildman–Crippen LogP) is 5.94. The van der Waals surface area contributed by atoms with Crippen LogP contribution in [0.2, 0.25) is 0 Å². The lowest BCUT2D eigenvalue weighted by Gasteiger charge is -2.08. The molecule has 0 aromatic carbocycles. The van der Waals surface area contributed by atoms with E-state index in [0.29, 0.717) is 12.2 Å². The van der Waals surface area contributed by atoms with Crippen LogP contribution in [0, 0.1) is 0 Å². The van der Waals surface area contributed by atoms with Crippen LogP contribution >= 0.6 is 11.3 Å². The maximum atomic E-state index is 12.3. The summed E-state index contributed by atoms with van der Waals surface area (Å²) in [5.74, 6) is 0.252. The topological polar surface area (TPSA) is 113 Å². The van der Waals surface area contributed by atoms with Crippen molar-refractivity contribution >= 4 is 28.2 Å². The van der Waals surface area contributed by atoms with Gasteiger partial charge in [-0.15, -0.1) is 15.3 Å². The first-order valence-corrected chi connectivity index (χ1v) is 13.2. The van der Waals surface area contributed by atoms with Gasteiger partial charge in [0.2, 0.25) is 11.0 Å². The monoisotopic (exact) mass is 522 g/mol. The van der Waals surface area contributed by atoms with Crippen molar-refractivity contribution in [2.24, 2.45) is 0 Å². The number of amides is 1. The molecule has 1 atom stereocenters. The number of aryl methyl sites for hydroxylation is 2. The summed E-state index contributed by atoms with van der Waals surface area (Å²) in [5.41, 5.74) is 4.35. The second kappa shape index (κ2) is 15.6. The summed E-state index contributed by atoms with van der Waals surface area (Å²) >= 11 is 1.54. The van der Waals surface area contributed by atoms with Gasteiger partial charge in [0.25, 0.3) is 0 Å². The predicted molar refractivity (Wildman–Crippen MR) is 152 cm³/mol. The second-order valence-electron chi connectivity index (χ2n) is 8.86. The third-order valence-corrected chi connectivity index (χ3v) is 6.22. The Morgan fingerprint density at radius 2 is 1.84 bits per heavy atom. The number of rotatable bonds is 15. The zero-order chi connectivity index (χ0) is 27.2. The third kappa shape index (κ3) is 11.4. The molecule has 0 bridgehead atoms. The standard InChI is InChI=1S/C28H38N6O2S/c1-7-11-19(3)16-21(5)29-28-34-33-27(37-28)13-10-9-12-24-14-15-25(32-31-24)30-26(36)18-20(4)17-23(8-2)22(6)35/h7-8,11,14-15,17,22,35H,3,5,9-10,12-13,16,18H2,1-2,4,6H3,(H,29,34)(H,30,32,36)/b11-7-,20-17+,23-8+. The van der Waals surface area contributed by atoms with E-state index in [1.165, 1.54) is 11.3 Å². The number of aliphatic hydroxyl groups excluding tert-OH is 1. The summed E-state index contributed by atoms with van der Waals surface area (Å²) < 4.78 is 0. The van der Waals surface area contributed by atoms with Crippen LogP contribution in [0.15, 0.2) is 72.0 Å². The van der Waals surface area contributed by atoms with Crippen molar-refractivity contribution in [2.75, 3.05) is 10.6 Å². The molecule has 37 heavy (non-hydrogen) atoms. The van der Waals surface area contributed by atoms with E-state index in [2.05, 4.69) is 44.2 Å². The third-order valence-electron chi connectivity index (χ3n) is 5.32. The largest absolute Gasteiger partial charge is 0.389 e. The fourth-order valence-electron chi connectivity index (χ4n) is 3.53. The number of anilines is 2. The average Bonchev–Trinajstić information content (AvgIpc) is 3.27.